The molecule has 0 bridgehead atoms. The van der Waals surface area contributed by atoms with E-state index in [-0.39, 0.29) is 4.90 Å². The topological polar surface area (TPSA) is 78.8 Å². The Morgan fingerprint density at radius 3 is 2.48 bits per heavy atom. The largest absolute Gasteiger partial charge is 0.271 e. The molecule has 0 atom stereocenters. The van der Waals surface area contributed by atoms with Gasteiger partial charge in [-0.25, -0.2) is 13.8 Å². The van der Waals surface area contributed by atoms with Crippen LogP contribution < -0.4 is 9.73 Å². The fourth-order valence-corrected chi connectivity index (χ4v) is 4.71. The maximum absolute atomic E-state index is 13.3. The number of sulfonamides is 1. The maximum Gasteiger partial charge on any atom is 0.264 e. The molecule has 3 rings (SSSR count). The molecule has 0 aliphatic rings. The van der Waals surface area contributed by atoms with Crippen LogP contribution in [-0.2, 0) is 14.8 Å². The lowest BCUT2D eigenvalue weighted by atomic mass is 10.2. The van der Waals surface area contributed by atoms with Crippen molar-refractivity contribution < 1.29 is 13.2 Å². The zero-order chi connectivity index (χ0) is 22.4. The third-order valence-corrected chi connectivity index (χ3v) is 6.76. The summed E-state index contributed by atoms with van der Waals surface area (Å²) in [6.07, 6.45) is 1.43. The predicted molar refractivity (Wildman–Crippen MR) is 127 cm³/mol. The number of hydrogen-bond acceptors (Lipinski definition) is 4. The molecule has 1 amide bonds. The molecule has 0 saturated carbocycles. The van der Waals surface area contributed by atoms with Crippen molar-refractivity contribution in [3.05, 3.63) is 93.4 Å². The van der Waals surface area contributed by atoms with Gasteiger partial charge in [0.2, 0.25) is 0 Å². The third-order valence-electron chi connectivity index (χ3n) is 4.24. The van der Waals surface area contributed by atoms with Crippen molar-refractivity contribution in [1.29, 1.82) is 0 Å². The molecule has 3 aromatic rings. The average Bonchev–Trinajstić information content (AvgIpc) is 2.72. The first kappa shape index (κ1) is 23.0. The highest BCUT2D eigenvalue weighted by Gasteiger charge is 2.27. The fourth-order valence-electron chi connectivity index (χ4n) is 2.72. The Kier molecular flexibility index (Phi) is 7.48. The van der Waals surface area contributed by atoms with Gasteiger partial charge < -0.3 is 0 Å². The second kappa shape index (κ2) is 10.1. The summed E-state index contributed by atoms with van der Waals surface area (Å²) in [6.45, 7) is 1.42. The Balaban J connectivity index is 1.84. The van der Waals surface area contributed by atoms with Gasteiger partial charge in [-0.2, -0.15) is 5.10 Å². The minimum atomic E-state index is -3.98. The molecule has 0 unspecified atom stereocenters. The van der Waals surface area contributed by atoms with E-state index in [0.717, 1.165) is 9.87 Å². The van der Waals surface area contributed by atoms with E-state index in [1.807, 2.05) is 6.92 Å². The second-order valence-electron chi connectivity index (χ2n) is 6.65. The number of nitrogens with zero attached hydrogens (tertiary/aromatic N) is 2. The van der Waals surface area contributed by atoms with Gasteiger partial charge in [0.1, 0.15) is 6.54 Å². The lowest BCUT2D eigenvalue weighted by Gasteiger charge is -2.24. The SMILES string of the molecule is Cc1ccc(S(=O)(=O)N(CC(=O)N/N=C\c2cccc(Cl)c2)c2cccc(Br)c2)cc1. The summed E-state index contributed by atoms with van der Waals surface area (Å²) in [5.74, 6) is -0.589. The number of amides is 1. The van der Waals surface area contributed by atoms with Crippen LogP contribution in [0, 0.1) is 6.92 Å². The predicted octanol–water partition coefficient (Wildman–Crippen LogP) is 4.76. The highest BCUT2D eigenvalue weighted by Crippen LogP contribution is 2.26. The van der Waals surface area contributed by atoms with Crippen LogP contribution in [0.15, 0.2) is 87.3 Å². The first-order valence-electron chi connectivity index (χ1n) is 9.18. The first-order valence-corrected chi connectivity index (χ1v) is 11.8. The Labute approximate surface area is 194 Å². The normalized spacial score (nSPS) is 11.5. The summed E-state index contributed by atoms with van der Waals surface area (Å²) in [5.41, 5.74) is 4.35. The Morgan fingerprint density at radius 2 is 1.81 bits per heavy atom. The van der Waals surface area contributed by atoms with Crippen molar-refractivity contribution in [3.8, 4) is 0 Å². The summed E-state index contributed by atoms with van der Waals surface area (Å²) >= 11 is 9.27. The summed E-state index contributed by atoms with van der Waals surface area (Å²) in [6, 6.07) is 20.1. The number of halogens is 2. The number of aryl methyl sites for hydroxylation is 1. The third kappa shape index (κ3) is 6.16. The van der Waals surface area contributed by atoms with Crippen LogP contribution in [0.5, 0.6) is 0 Å². The van der Waals surface area contributed by atoms with E-state index in [4.69, 9.17) is 11.6 Å². The number of hydrogen-bond donors (Lipinski definition) is 1. The molecule has 0 radical (unpaired) electrons. The van der Waals surface area contributed by atoms with Gasteiger partial charge in [0, 0.05) is 9.50 Å². The van der Waals surface area contributed by atoms with Gasteiger partial charge in [0.15, 0.2) is 0 Å². The van der Waals surface area contributed by atoms with E-state index < -0.39 is 22.5 Å². The summed E-state index contributed by atoms with van der Waals surface area (Å²) in [4.78, 5) is 12.6. The molecule has 0 aliphatic carbocycles. The first-order chi connectivity index (χ1) is 14.8. The van der Waals surface area contributed by atoms with Crippen LogP contribution in [-0.4, -0.2) is 27.1 Å². The lowest BCUT2D eigenvalue weighted by Crippen LogP contribution is -2.39. The van der Waals surface area contributed by atoms with Crippen molar-refractivity contribution >= 4 is 55.4 Å². The van der Waals surface area contributed by atoms with Crippen molar-refractivity contribution in [2.45, 2.75) is 11.8 Å². The molecule has 3 aromatic carbocycles. The molecule has 31 heavy (non-hydrogen) atoms. The monoisotopic (exact) mass is 519 g/mol. The van der Waals surface area contributed by atoms with Crippen LogP contribution in [0.25, 0.3) is 0 Å². The summed E-state index contributed by atoms with van der Waals surface area (Å²) in [7, 11) is -3.98. The van der Waals surface area contributed by atoms with E-state index in [2.05, 4.69) is 26.5 Å². The van der Waals surface area contributed by atoms with Crippen LogP contribution in [0.4, 0.5) is 5.69 Å². The van der Waals surface area contributed by atoms with Crippen molar-refractivity contribution in [3.63, 3.8) is 0 Å². The fraction of sp³-hybridized carbons (Fsp3) is 0.0909. The maximum atomic E-state index is 13.3. The van der Waals surface area contributed by atoms with Gasteiger partial charge in [-0.15, -0.1) is 0 Å². The van der Waals surface area contributed by atoms with Crippen LogP contribution in [0.1, 0.15) is 11.1 Å². The van der Waals surface area contributed by atoms with E-state index in [1.54, 1.807) is 60.7 Å². The van der Waals surface area contributed by atoms with Gasteiger partial charge in [0.05, 0.1) is 16.8 Å². The molecule has 0 saturated heterocycles. The number of carbonyl (C=O) groups is 1. The molecular weight excluding hydrogens is 502 g/mol. The van der Waals surface area contributed by atoms with E-state index in [1.165, 1.54) is 18.3 Å². The van der Waals surface area contributed by atoms with Crippen molar-refractivity contribution in [2.24, 2.45) is 5.10 Å². The average molecular weight is 521 g/mol. The van der Waals surface area contributed by atoms with Gasteiger partial charge in [0.25, 0.3) is 15.9 Å². The van der Waals surface area contributed by atoms with Crippen LogP contribution in [0.3, 0.4) is 0 Å². The van der Waals surface area contributed by atoms with Gasteiger partial charge in [-0.1, -0.05) is 63.4 Å². The molecule has 0 fully saturated rings. The zero-order valence-corrected chi connectivity index (χ0v) is 19.7. The summed E-state index contributed by atoms with van der Waals surface area (Å²) < 4.78 is 28.3. The molecule has 160 valence electrons. The van der Waals surface area contributed by atoms with Crippen LogP contribution in [0.2, 0.25) is 5.02 Å². The molecule has 6 nitrogen and oxygen atoms in total. The molecule has 0 spiro atoms. The van der Waals surface area contributed by atoms with Gasteiger partial charge in [-0.3, -0.25) is 9.10 Å². The standard InChI is InChI=1S/C22H19BrClN3O3S/c1-16-8-10-21(11-9-16)31(29,30)27(20-7-3-5-18(23)13-20)15-22(28)26-25-14-17-4-2-6-19(24)12-17/h2-14H,15H2,1H3,(H,26,28)/b25-14-. The molecule has 0 aromatic heterocycles. The number of hydrazone groups is 1. The smallest absolute Gasteiger partial charge is 0.264 e. The number of carbonyl (C=O) groups excluding carboxylic acids is 1. The minimum absolute atomic E-state index is 0.0910. The summed E-state index contributed by atoms with van der Waals surface area (Å²) in [5, 5.41) is 4.44. The molecule has 1 N–H and O–H groups in total. The quantitative estimate of drug-likeness (QED) is 0.360. The van der Waals surface area contributed by atoms with Crippen LogP contribution >= 0.6 is 27.5 Å². The van der Waals surface area contributed by atoms with Gasteiger partial charge in [-0.05, 0) is 55.0 Å². The molecule has 0 heterocycles. The number of anilines is 1. The van der Waals surface area contributed by atoms with E-state index in [0.29, 0.717) is 20.7 Å². The van der Waals surface area contributed by atoms with Crippen molar-refractivity contribution in [1.82, 2.24) is 5.43 Å². The Morgan fingerprint density at radius 1 is 1.10 bits per heavy atom. The zero-order valence-electron chi connectivity index (χ0n) is 16.5. The minimum Gasteiger partial charge on any atom is -0.271 e. The number of nitrogens with one attached hydrogen (secondary N) is 1. The Hall–Kier alpha value is -2.68. The van der Waals surface area contributed by atoms with E-state index in [9.17, 15) is 13.2 Å². The highest BCUT2D eigenvalue weighted by molar-refractivity contribution is 9.10. The number of benzene rings is 3. The Bertz CT molecular complexity index is 1210. The van der Waals surface area contributed by atoms with Gasteiger partial charge >= 0.3 is 0 Å². The van der Waals surface area contributed by atoms with Crippen molar-refractivity contribution in [2.75, 3.05) is 10.8 Å². The number of rotatable bonds is 7. The molecular formula is C22H19BrClN3O3S. The second-order valence-corrected chi connectivity index (χ2v) is 9.87. The molecule has 9 heteroatoms. The van der Waals surface area contributed by atoms with E-state index >= 15 is 0 Å². The molecule has 0 aliphatic heterocycles. The highest BCUT2D eigenvalue weighted by atomic mass is 79.9. The lowest BCUT2D eigenvalue weighted by molar-refractivity contribution is -0.119.